The van der Waals surface area contributed by atoms with Crippen molar-refractivity contribution in [3.05, 3.63) is 35.4 Å². The van der Waals surface area contributed by atoms with Crippen molar-refractivity contribution >= 4 is 17.7 Å². The molecule has 0 aliphatic carbocycles. The number of carbonyl (C=O) groups excluding carboxylic acids is 3. The van der Waals surface area contributed by atoms with E-state index in [1.54, 1.807) is 31.2 Å². The first-order chi connectivity index (χ1) is 10.1. The molecule has 1 aliphatic heterocycles. The Morgan fingerprint density at radius 2 is 1.71 bits per heavy atom. The topological polar surface area (TPSA) is 66.5 Å². The van der Waals surface area contributed by atoms with Gasteiger partial charge in [-0.3, -0.25) is 19.3 Å². The summed E-state index contributed by atoms with van der Waals surface area (Å²) in [5.74, 6) is -1.03. The van der Waals surface area contributed by atoms with Crippen molar-refractivity contribution < 1.29 is 14.4 Å². The van der Waals surface area contributed by atoms with Crippen LogP contribution in [0.1, 0.15) is 53.8 Å². The van der Waals surface area contributed by atoms with E-state index in [1.807, 2.05) is 6.92 Å². The number of hydrogen-bond donors (Lipinski definition) is 1. The maximum atomic E-state index is 12.4. The number of nitrogens with one attached hydrogen (secondary N) is 1. The first-order valence-electron chi connectivity index (χ1n) is 7.36. The molecule has 1 unspecified atom stereocenters. The van der Waals surface area contributed by atoms with E-state index in [0.717, 1.165) is 17.7 Å². The third-order valence-electron chi connectivity index (χ3n) is 3.66. The number of amides is 3. The molecule has 1 aromatic carbocycles. The Bertz CT molecular complexity index is 533. The maximum absolute atomic E-state index is 12.4. The Hall–Kier alpha value is -2.17. The lowest BCUT2D eigenvalue weighted by molar-refractivity contribution is -0.125. The number of fused-ring (bicyclic) bond motifs is 1. The number of benzene rings is 1. The van der Waals surface area contributed by atoms with Crippen molar-refractivity contribution in [3.8, 4) is 0 Å². The average molecular weight is 288 g/mol. The zero-order chi connectivity index (χ0) is 15.4. The molecule has 1 N–H and O–H groups in total. The van der Waals surface area contributed by atoms with Gasteiger partial charge in [0.15, 0.2) is 0 Å². The van der Waals surface area contributed by atoms with Gasteiger partial charge in [-0.2, -0.15) is 0 Å². The van der Waals surface area contributed by atoms with E-state index < -0.39 is 6.04 Å². The number of nitrogens with zero attached hydrogens (tertiary/aromatic N) is 1. The predicted octanol–water partition coefficient (Wildman–Crippen LogP) is 1.98. The van der Waals surface area contributed by atoms with Gasteiger partial charge in [-0.25, -0.2) is 0 Å². The first kappa shape index (κ1) is 15.2. The van der Waals surface area contributed by atoms with E-state index in [2.05, 4.69) is 5.32 Å². The highest BCUT2D eigenvalue weighted by molar-refractivity contribution is 6.22. The molecule has 1 heterocycles. The van der Waals surface area contributed by atoms with Crippen LogP contribution in [0.25, 0.3) is 0 Å². The largest absolute Gasteiger partial charge is 0.354 e. The van der Waals surface area contributed by atoms with Crippen LogP contribution >= 0.6 is 0 Å². The molecule has 0 spiro atoms. The fourth-order valence-corrected chi connectivity index (χ4v) is 2.48. The summed E-state index contributed by atoms with van der Waals surface area (Å²) in [6.07, 6.45) is 2.26. The van der Waals surface area contributed by atoms with Crippen LogP contribution in [0, 0.1) is 0 Å². The van der Waals surface area contributed by atoms with Crippen LogP contribution < -0.4 is 5.32 Å². The molecule has 2 rings (SSSR count). The van der Waals surface area contributed by atoms with Gasteiger partial charge in [0.05, 0.1) is 11.1 Å². The molecule has 5 nitrogen and oxygen atoms in total. The molecule has 0 fully saturated rings. The Morgan fingerprint density at radius 1 is 1.14 bits per heavy atom. The number of rotatable bonds is 6. The van der Waals surface area contributed by atoms with E-state index >= 15 is 0 Å². The monoisotopic (exact) mass is 288 g/mol. The zero-order valence-corrected chi connectivity index (χ0v) is 12.4. The second-order valence-corrected chi connectivity index (χ2v) is 5.09. The minimum atomic E-state index is -0.741. The molecule has 1 aliphatic rings. The molecule has 0 bridgehead atoms. The fraction of sp³-hybridized carbons (Fsp3) is 0.438. The van der Waals surface area contributed by atoms with Gasteiger partial charge in [0.25, 0.3) is 11.8 Å². The van der Waals surface area contributed by atoms with Crippen molar-refractivity contribution in [2.75, 3.05) is 6.54 Å². The smallest absolute Gasteiger partial charge is 0.262 e. The van der Waals surface area contributed by atoms with Crippen LogP contribution in [0.3, 0.4) is 0 Å². The van der Waals surface area contributed by atoms with Gasteiger partial charge >= 0.3 is 0 Å². The summed E-state index contributed by atoms with van der Waals surface area (Å²) in [4.78, 5) is 38.0. The Kier molecular flexibility index (Phi) is 4.73. The van der Waals surface area contributed by atoms with E-state index in [0.29, 0.717) is 24.1 Å². The SMILES string of the molecule is CCCCNC(=O)C(CC)N1C(=O)c2ccccc2C1=O. The molecule has 1 atom stereocenters. The second-order valence-electron chi connectivity index (χ2n) is 5.09. The Labute approximate surface area is 124 Å². The molecule has 5 heteroatoms. The molecule has 3 amide bonds. The van der Waals surface area contributed by atoms with Gasteiger partial charge in [-0.05, 0) is 25.0 Å². The van der Waals surface area contributed by atoms with Crippen LogP contribution in [0.15, 0.2) is 24.3 Å². The summed E-state index contributed by atoms with van der Waals surface area (Å²) < 4.78 is 0. The maximum Gasteiger partial charge on any atom is 0.262 e. The highest BCUT2D eigenvalue weighted by Gasteiger charge is 2.41. The highest BCUT2D eigenvalue weighted by atomic mass is 16.2. The van der Waals surface area contributed by atoms with Crippen molar-refractivity contribution in [1.82, 2.24) is 10.2 Å². The highest BCUT2D eigenvalue weighted by Crippen LogP contribution is 2.25. The van der Waals surface area contributed by atoms with Crippen LogP contribution in [0.5, 0.6) is 0 Å². The molecule has 0 saturated heterocycles. The Morgan fingerprint density at radius 3 is 2.19 bits per heavy atom. The van der Waals surface area contributed by atoms with Gasteiger partial charge in [0, 0.05) is 6.54 Å². The summed E-state index contributed by atoms with van der Waals surface area (Å²) >= 11 is 0. The molecule has 0 radical (unpaired) electrons. The molecular weight excluding hydrogens is 268 g/mol. The average Bonchev–Trinajstić information content (AvgIpc) is 2.74. The molecular formula is C16H20N2O3. The summed E-state index contributed by atoms with van der Waals surface area (Å²) in [6.45, 7) is 4.40. The third kappa shape index (κ3) is 2.82. The molecule has 21 heavy (non-hydrogen) atoms. The Balaban J connectivity index is 2.19. The van der Waals surface area contributed by atoms with Gasteiger partial charge in [-0.15, -0.1) is 0 Å². The number of carbonyl (C=O) groups is 3. The van der Waals surface area contributed by atoms with E-state index in [-0.39, 0.29) is 17.7 Å². The van der Waals surface area contributed by atoms with E-state index in [4.69, 9.17) is 0 Å². The van der Waals surface area contributed by atoms with Crippen LogP contribution in [-0.2, 0) is 4.79 Å². The van der Waals surface area contributed by atoms with E-state index in [9.17, 15) is 14.4 Å². The minimum absolute atomic E-state index is 0.263. The van der Waals surface area contributed by atoms with Crippen molar-refractivity contribution in [2.45, 2.75) is 39.2 Å². The minimum Gasteiger partial charge on any atom is -0.354 e. The van der Waals surface area contributed by atoms with Crippen LogP contribution in [0.2, 0.25) is 0 Å². The fourth-order valence-electron chi connectivity index (χ4n) is 2.48. The number of hydrogen-bond acceptors (Lipinski definition) is 3. The molecule has 1 aromatic rings. The summed E-state index contributed by atoms with van der Waals surface area (Å²) in [5, 5.41) is 2.79. The standard InChI is InChI=1S/C16H20N2O3/c1-3-5-10-17-14(19)13(4-2)18-15(20)11-8-6-7-9-12(11)16(18)21/h6-9,13H,3-5,10H2,1-2H3,(H,17,19). The lowest BCUT2D eigenvalue weighted by Crippen LogP contribution is -2.49. The van der Waals surface area contributed by atoms with Gasteiger partial charge in [0.1, 0.15) is 6.04 Å². The van der Waals surface area contributed by atoms with Crippen molar-refractivity contribution in [1.29, 1.82) is 0 Å². The number of imide groups is 1. The van der Waals surface area contributed by atoms with E-state index in [1.165, 1.54) is 0 Å². The third-order valence-corrected chi connectivity index (χ3v) is 3.66. The quantitative estimate of drug-likeness (QED) is 0.643. The summed E-state index contributed by atoms with van der Waals surface area (Å²) in [7, 11) is 0. The van der Waals surface area contributed by atoms with Crippen LogP contribution in [-0.4, -0.2) is 35.2 Å². The molecule has 112 valence electrons. The number of unbranched alkanes of at least 4 members (excludes halogenated alkanes) is 1. The molecule has 0 saturated carbocycles. The van der Waals surface area contributed by atoms with Gasteiger partial charge < -0.3 is 5.32 Å². The summed E-state index contributed by atoms with van der Waals surface area (Å²) in [6, 6.07) is 5.94. The molecule has 0 aromatic heterocycles. The van der Waals surface area contributed by atoms with Crippen LogP contribution in [0.4, 0.5) is 0 Å². The summed E-state index contributed by atoms with van der Waals surface area (Å²) in [5.41, 5.74) is 0.754. The van der Waals surface area contributed by atoms with Crippen molar-refractivity contribution in [2.24, 2.45) is 0 Å². The van der Waals surface area contributed by atoms with Gasteiger partial charge in [0.2, 0.25) is 5.91 Å². The predicted molar refractivity (Wildman–Crippen MR) is 78.9 cm³/mol. The van der Waals surface area contributed by atoms with Gasteiger partial charge in [-0.1, -0.05) is 32.4 Å². The lowest BCUT2D eigenvalue weighted by atomic mass is 10.1. The normalized spacial score (nSPS) is 15.0. The second kappa shape index (κ2) is 6.52. The zero-order valence-electron chi connectivity index (χ0n) is 12.4. The van der Waals surface area contributed by atoms with Crippen molar-refractivity contribution in [3.63, 3.8) is 0 Å². The first-order valence-corrected chi connectivity index (χ1v) is 7.36. The lowest BCUT2D eigenvalue weighted by Gasteiger charge is -2.24.